The highest BCUT2D eigenvalue weighted by molar-refractivity contribution is 7.86. The lowest BCUT2D eigenvalue weighted by Gasteiger charge is -2.43. The first-order valence-electron chi connectivity index (χ1n) is 8.67. The van der Waals surface area contributed by atoms with Gasteiger partial charge in [-0.05, 0) is 43.2 Å². The minimum atomic E-state index is -3.33. The lowest BCUT2D eigenvalue weighted by atomic mass is 9.83. The van der Waals surface area contributed by atoms with Gasteiger partial charge in [-0.25, -0.2) is 0 Å². The lowest BCUT2D eigenvalue weighted by molar-refractivity contribution is 0.0672. The van der Waals surface area contributed by atoms with E-state index in [2.05, 4.69) is 13.8 Å². The maximum Gasteiger partial charge on any atom is 0.282 e. The third-order valence-corrected chi connectivity index (χ3v) is 7.20. The predicted molar refractivity (Wildman–Crippen MR) is 95.4 cm³/mol. The molecule has 0 atom stereocenters. The highest BCUT2D eigenvalue weighted by Gasteiger charge is 2.42. The van der Waals surface area contributed by atoms with Gasteiger partial charge < -0.3 is 4.74 Å². The molecule has 2 aliphatic heterocycles. The number of aryl methyl sites for hydroxylation is 2. The topological polar surface area (TPSA) is 49.9 Å². The zero-order chi connectivity index (χ0) is 17.5. The smallest absolute Gasteiger partial charge is 0.282 e. The minimum absolute atomic E-state index is 0.0548. The van der Waals surface area contributed by atoms with Crippen LogP contribution in [-0.2, 0) is 10.2 Å². The fourth-order valence-electron chi connectivity index (χ4n) is 3.30. The second-order valence-corrected chi connectivity index (χ2v) is 9.78. The van der Waals surface area contributed by atoms with Crippen molar-refractivity contribution in [3.05, 3.63) is 29.3 Å². The molecular formula is C18H28N2O3S. The normalized spacial score (nSPS) is 23.0. The fourth-order valence-corrected chi connectivity index (χ4v) is 4.98. The van der Waals surface area contributed by atoms with Gasteiger partial charge in [0.05, 0.1) is 13.1 Å². The van der Waals surface area contributed by atoms with Crippen LogP contribution in [0.5, 0.6) is 5.75 Å². The zero-order valence-corrected chi connectivity index (χ0v) is 15.9. The van der Waals surface area contributed by atoms with Crippen LogP contribution in [0.3, 0.4) is 0 Å². The summed E-state index contributed by atoms with van der Waals surface area (Å²) in [5.41, 5.74) is 2.43. The summed E-state index contributed by atoms with van der Waals surface area (Å²) < 4.78 is 34.6. The third-order valence-electron chi connectivity index (χ3n) is 5.24. The first-order valence-corrected chi connectivity index (χ1v) is 10.1. The van der Waals surface area contributed by atoms with E-state index in [4.69, 9.17) is 4.74 Å². The maximum atomic E-state index is 12.7. The molecule has 0 N–H and O–H groups in total. The highest BCUT2D eigenvalue weighted by Crippen LogP contribution is 2.33. The van der Waals surface area contributed by atoms with Crippen LogP contribution in [0.4, 0.5) is 0 Å². The van der Waals surface area contributed by atoms with E-state index in [1.807, 2.05) is 32.0 Å². The number of ether oxygens (including phenoxy) is 1. The van der Waals surface area contributed by atoms with Crippen LogP contribution in [-0.4, -0.2) is 49.3 Å². The molecular weight excluding hydrogens is 324 g/mol. The number of benzene rings is 1. The summed E-state index contributed by atoms with van der Waals surface area (Å²) in [6.45, 7) is 10.6. The zero-order valence-electron chi connectivity index (χ0n) is 15.1. The molecule has 5 nitrogen and oxygen atoms in total. The molecule has 134 valence electrons. The van der Waals surface area contributed by atoms with Crippen molar-refractivity contribution < 1.29 is 13.2 Å². The Hall–Kier alpha value is -1.11. The van der Waals surface area contributed by atoms with Gasteiger partial charge in [-0.15, -0.1) is 0 Å². The third kappa shape index (κ3) is 3.46. The Kier molecular flexibility index (Phi) is 4.66. The van der Waals surface area contributed by atoms with Crippen molar-refractivity contribution in [2.75, 3.05) is 26.2 Å². The van der Waals surface area contributed by atoms with Gasteiger partial charge in [0, 0.05) is 13.1 Å². The van der Waals surface area contributed by atoms with Crippen molar-refractivity contribution in [2.45, 2.75) is 46.6 Å². The van der Waals surface area contributed by atoms with Crippen LogP contribution in [0.15, 0.2) is 18.2 Å². The molecule has 1 aromatic rings. The van der Waals surface area contributed by atoms with E-state index in [-0.39, 0.29) is 11.5 Å². The Morgan fingerprint density at radius 3 is 2.12 bits per heavy atom. The molecule has 24 heavy (non-hydrogen) atoms. The monoisotopic (exact) mass is 352 g/mol. The molecule has 3 rings (SSSR count). The van der Waals surface area contributed by atoms with Gasteiger partial charge in [-0.3, -0.25) is 0 Å². The van der Waals surface area contributed by atoms with E-state index in [1.165, 1.54) is 0 Å². The van der Waals surface area contributed by atoms with E-state index < -0.39 is 10.2 Å². The Bertz CT molecular complexity index is 679. The summed E-state index contributed by atoms with van der Waals surface area (Å²) in [6, 6.07) is 6.04. The number of hydrogen-bond donors (Lipinski definition) is 0. The van der Waals surface area contributed by atoms with Gasteiger partial charge in [0.25, 0.3) is 10.2 Å². The Morgan fingerprint density at radius 2 is 1.58 bits per heavy atom. The molecule has 0 aliphatic carbocycles. The maximum absolute atomic E-state index is 12.7. The molecule has 0 radical (unpaired) electrons. The molecule has 6 heteroatoms. The molecule has 0 aromatic heterocycles. The number of piperidine rings is 1. The lowest BCUT2D eigenvalue weighted by Crippen LogP contribution is -2.60. The van der Waals surface area contributed by atoms with Gasteiger partial charge in [0.15, 0.2) is 0 Å². The van der Waals surface area contributed by atoms with Crippen molar-refractivity contribution in [2.24, 2.45) is 5.41 Å². The average Bonchev–Trinajstić information content (AvgIpc) is 2.44. The standard InChI is InChI=1S/C18H28N2O3S/c1-14-6-5-7-15(2)17(14)23-16-12-20(13-16)24(21,22)19-10-8-18(3,4)9-11-19/h5-7,16H,8-13H2,1-4H3. The molecule has 2 fully saturated rings. The van der Waals surface area contributed by atoms with Gasteiger partial charge in [-0.1, -0.05) is 32.0 Å². The number of rotatable bonds is 4. The second kappa shape index (κ2) is 6.32. The summed E-state index contributed by atoms with van der Waals surface area (Å²) in [5, 5.41) is 0. The van der Waals surface area contributed by atoms with Crippen molar-refractivity contribution in [3.8, 4) is 5.75 Å². The average molecular weight is 353 g/mol. The summed E-state index contributed by atoms with van der Waals surface area (Å²) in [7, 11) is -3.33. The van der Waals surface area contributed by atoms with Crippen LogP contribution >= 0.6 is 0 Å². The van der Waals surface area contributed by atoms with E-state index in [0.717, 1.165) is 29.7 Å². The Morgan fingerprint density at radius 1 is 1.04 bits per heavy atom. The fraction of sp³-hybridized carbons (Fsp3) is 0.667. The molecule has 2 heterocycles. The van der Waals surface area contributed by atoms with Gasteiger partial charge in [-0.2, -0.15) is 17.0 Å². The number of para-hydroxylation sites is 1. The van der Waals surface area contributed by atoms with Crippen LogP contribution < -0.4 is 4.74 Å². The summed E-state index contributed by atoms with van der Waals surface area (Å²) >= 11 is 0. The summed E-state index contributed by atoms with van der Waals surface area (Å²) in [4.78, 5) is 0. The molecule has 0 saturated carbocycles. The van der Waals surface area contributed by atoms with Crippen molar-refractivity contribution in [1.82, 2.24) is 8.61 Å². The molecule has 1 aromatic carbocycles. The summed E-state index contributed by atoms with van der Waals surface area (Å²) in [5.74, 6) is 0.888. The Labute approximate surface area is 145 Å². The second-order valence-electron chi connectivity index (χ2n) is 7.85. The Balaban J connectivity index is 1.58. The van der Waals surface area contributed by atoms with Crippen molar-refractivity contribution >= 4 is 10.2 Å². The van der Waals surface area contributed by atoms with Crippen LogP contribution in [0, 0.1) is 19.3 Å². The van der Waals surface area contributed by atoms with E-state index >= 15 is 0 Å². The summed E-state index contributed by atoms with van der Waals surface area (Å²) in [6.07, 6.45) is 1.78. The van der Waals surface area contributed by atoms with Crippen LogP contribution in [0.1, 0.15) is 37.8 Å². The van der Waals surface area contributed by atoms with Crippen LogP contribution in [0.25, 0.3) is 0 Å². The quantitative estimate of drug-likeness (QED) is 0.837. The van der Waals surface area contributed by atoms with E-state index in [9.17, 15) is 8.42 Å². The van der Waals surface area contributed by atoms with Gasteiger partial charge >= 0.3 is 0 Å². The van der Waals surface area contributed by atoms with Crippen molar-refractivity contribution in [3.63, 3.8) is 0 Å². The minimum Gasteiger partial charge on any atom is -0.487 e. The van der Waals surface area contributed by atoms with E-state index in [1.54, 1.807) is 8.61 Å². The highest BCUT2D eigenvalue weighted by atomic mass is 32.2. The molecule has 0 spiro atoms. The number of nitrogens with zero attached hydrogens (tertiary/aromatic N) is 2. The molecule has 2 saturated heterocycles. The van der Waals surface area contributed by atoms with Crippen molar-refractivity contribution in [1.29, 1.82) is 0 Å². The number of hydrogen-bond acceptors (Lipinski definition) is 3. The first kappa shape index (κ1) is 17.7. The SMILES string of the molecule is Cc1cccc(C)c1OC1CN(S(=O)(=O)N2CCC(C)(C)CC2)C1. The molecule has 0 bridgehead atoms. The molecule has 2 aliphatic rings. The van der Waals surface area contributed by atoms with E-state index in [0.29, 0.717) is 26.2 Å². The molecule has 0 amide bonds. The van der Waals surface area contributed by atoms with Gasteiger partial charge in [0.1, 0.15) is 11.9 Å². The van der Waals surface area contributed by atoms with Crippen LogP contribution in [0.2, 0.25) is 0 Å². The first-order chi connectivity index (χ1) is 11.2. The van der Waals surface area contributed by atoms with Gasteiger partial charge in [0.2, 0.25) is 0 Å². The molecule has 0 unspecified atom stereocenters. The largest absolute Gasteiger partial charge is 0.487 e. The predicted octanol–water partition coefficient (Wildman–Crippen LogP) is 2.73.